The molecule has 0 radical (unpaired) electrons. The van der Waals surface area contributed by atoms with Gasteiger partial charge in [-0.3, -0.25) is 4.98 Å². The zero-order chi connectivity index (χ0) is 18.6. The smallest absolute Gasteiger partial charge is 0.170 e. The second-order valence-corrected chi connectivity index (χ2v) is 8.50. The molecule has 1 atom stereocenters. The lowest BCUT2D eigenvalue weighted by molar-refractivity contribution is -0.0631. The molecule has 0 fully saturated rings. The lowest BCUT2D eigenvalue weighted by Crippen LogP contribution is -2.40. The molecular formula is C23H21FN2O. The standard InChI is InChI=1S/C23H21FN2O/c1-22(2)12-21-18(11-16-10-17(24)8-9-19(16)25-21)23(14-22)13-20(26-27-23)15-6-4-3-5-7-15/h3-11H,12-14H2,1-2H3/t23-/m1/s1. The van der Waals surface area contributed by atoms with Gasteiger partial charge in [0, 0.05) is 29.5 Å². The van der Waals surface area contributed by atoms with Gasteiger partial charge in [-0.05, 0) is 41.7 Å². The highest BCUT2D eigenvalue weighted by Crippen LogP contribution is 2.51. The van der Waals surface area contributed by atoms with E-state index in [1.807, 2.05) is 18.2 Å². The Bertz CT molecular complexity index is 1070. The number of pyridine rings is 1. The van der Waals surface area contributed by atoms with E-state index in [9.17, 15) is 4.39 Å². The Labute approximate surface area is 157 Å². The van der Waals surface area contributed by atoms with Crippen molar-refractivity contribution >= 4 is 16.6 Å². The third-order valence-corrected chi connectivity index (χ3v) is 5.65. The molecule has 0 amide bonds. The zero-order valence-corrected chi connectivity index (χ0v) is 15.5. The molecule has 1 aliphatic heterocycles. The van der Waals surface area contributed by atoms with Crippen LogP contribution >= 0.6 is 0 Å². The van der Waals surface area contributed by atoms with Gasteiger partial charge in [-0.15, -0.1) is 0 Å². The third-order valence-electron chi connectivity index (χ3n) is 5.65. The highest BCUT2D eigenvalue weighted by atomic mass is 19.1. The predicted molar refractivity (Wildman–Crippen MR) is 104 cm³/mol. The minimum Gasteiger partial charge on any atom is -0.384 e. The summed E-state index contributed by atoms with van der Waals surface area (Å²) in [7, 11) is 0. The Morgan fingerprint density at radius 2 is 1.81 bits per heavy atom. The van der Waals surface area contributed by atoms with Gasteiger partial charge >= 0.3 is 0 Å². The molecule has 3 nitrogen and oxygen atoms in total. The van der Waals surface area contributed by atoms with E-state index in [0.717, 1.165) is 46.3 Å². The van der Waals surface area contributed by atoms with Crippen molar-refractivity contribution in [3.8, 4) is 0 Å². The number of nitrogens with zero attached hydrogens (tertiary/aromatic N) is 2. The molecule has 2 aliphatic rings. The van der Waals surface area contributed by atoms with Gasteiger partial charge in [0.25, 0.3) is 0 Å². The molecule has 1 aliphatic carbocycles. The Kier molecular flexibility index (Phi) is 3.42. The molecule has 136 valence electrons. The minimum atomic E-state index is -0.532. The van der Waals surface area contributed by atoms with Gasteiger partial charge in [0.2, 0.25) is 0 Å². The SMILES string of the molecule is CC1(C)Cc2nc3ccc(F)cc3cc2[C@@]2(CC(c3ccccc3)=NO2)C1. The lowest BCUT2D eigenvalue weighted by Gasteiger charge is -2.41. The summed E-state index contributed by atoms with van der Waals surface area (Å²) < 4.78 is 13.8. The third kappa shape index (κ3) is 2.71. The molecule has 5 rings (SSSR count). The quantitative estimate of drug-likeness (QED) is 0.585. The number of halogens is 1. The van der Waals surface area contributed by atoms with Crippen LogP contribution in [-0.4, -0.2) is 10.7 Å². The fourth-order valence-corrected chi connectivity index (χ4v) is 4.60. The minimum absolute atomic E-state index is 0.0510. The molecule has 2 aromatic carbocycles. The normalized spacial score (nSPS) is 23.1. The first kappa shape index (κ1) is 16.4. The Morgan fingerprint density at radius 3 is 2.63 bits per heavy atom. The predicted octanol–water partition coefficient (Wildman–Crippen LogP) is 5.37. The molecule has 0 saturated heterocycles. The van der Waals surface area contributed by atoms with Crippen molar-refractivity contribution in [1.29, 1.82) is 0 Å². The molecule has 4 heteroatoms. The molecule has 0 bridgehead atoms. The number of aromatic nitrogens is 1. The van der Waals surface area contributed by atoms with E-state index < -0.39 is 5.60 Å². The Hall–Kier alpha value is -2.75. The lowest BCUT2D eigenvalue weighted by atomic mass is 9.66. The number of hydrogen-bond acceptors (Lipinski definition) is 3. The molecule has 2 heterocycles. The van der Waals surface area contributed by atoms with Crippen LogP contribution in [-0.2, 0) is 16.9 Å². The van der Waals surface area contributed by atoms with Crippen molar-refractivity contribution in [2.45, 2.75) is 38.7 Å². The van der Waals surface area contributed by atoms with Gasteiger partial charge in [-0.2, -0.15) is 0 Å². The van der Waals surface area contributed by atoms with E-state index in [2.05, 4.69) is 37.2 Å². The van der Waals surface area contributed by atoms with Gasteiger partial charge in [0.05, 0.1) is 11.2 Å². The van der Waals surface area contributed by atoms with Crippen LogP contribution in [0.1, 0.15) is 43.5 Å². The molecule has 3 aromatic rings. The fourth-order valence-electron chi connectivity index (χ4n) is 4.60. The number of benzene rings is 2. The second-order valence-electron chi connectivity index (χ2n) is 8.50. The molecule has 27 heavy (non-hydrogen) atoms. The molecule has 0 N–H and O–H groups in total. The summed E-state index contributed by atoms with van der Waals surface area (Å²) in [5.74, 6) is -0.247. The molecule has 0 unspecified atom stereocenters. The first-order valence-electron chi connectivity index (χ1n) is 9.34. The number of hydrogen-bond donors (Lipinski definition) is 0. The van der Waals surface area contributed by atoms with Crippen molar-refractivity contribution < 1.29 is 9.23 Å². The average molecular weight is 360 g/mol. The van der Waals surface area contributed by atoms with Crippen LogP contribution < -0.4 is 0 Å². The maximum Gasteiger partial charge on any atom is 0.170 e. The summed E-state index contributed by atoms with van der Waals surface area (Å²) in [6.45, 7) is 4.50. The van der Waals surface area contributed by atoms with Gasteiger partial charge in [-0.1, -0.05) is 49.3 Å². The van der Waals surface area contributed by atoms with Gasteiger partial charge in [-0.25, -0.2) is 4.39 Å². The van der Waals surface area contributed by atoms with Crippen LogP contribution in [0.4, 0.5) is 4.39 Å². The largest absolute Gasteiger partial charge is 0.384 e. The van der Waals surface area contributed by atoms with Crippen LogP contribution in [0.15, 0.2) is 59.8 Å². The first-order chi connectivity index (χ1) is 12.9. The molecule has 1 aromatic heterocycles. The maximum absolute atomic E-state index is 13.8. The summed E-state index contributed by atoms with van der Waals surface area (Å²) >= 11 is 0. The first-order valence-corrected chi connectivity index (χ1v) is 9.34. The monoisotopic (exact) mass is 360 g/mol. The van der Waals surface area contributed by atoms with Crippen LogP contribution in [0.2, 0.25) is 0 Å². The van der Waals surface area contributed by atoms with Crippen LogP contribution in [0.25, 0.3) is 10.9 Å². The van der Waals surface area contributed by atoms with Crippen molar-refractivity contribution in [1.82, 2.24) is 4.98 Å². The van der Waals surface area contributed by atoms with Crippen molar-refractivity contribution in [2.75, 3.05) is 0 Å². The van der Waals surface area contributed by atoms with Crippen molar-refractivity contribution in [2.24, 2.45) is 10.6 Å². The molecule has 0 saturated carbocycles. The van der Waals surface area contributed by atoms with E-state index in [0.29, 0.717) is 6.42 Å². The van der Waals surface area contributed by atoms with Crippen LogP contribution in [0.3, 0.4) is 0 Å². The van der Waals surface area contributed by atoms with E-state index in [1.165, 1.54) is 6.07 Å². The van der Waals surface area contributed by atoms with E-state index in [1.54, 1.807) is 12.1 Å². The van der Waals surface area contributed by atoms with E-state index in [4.69, 9.17) is 9.82 Å². The summed E-state index contributed by atoms with van der Waals surface area (Å²) in [6.07, 6.45) is 2.44. The number of rotatable bonds is 1. The van der Waals surface area contributed by atoms with Crippen molar-refractivity contribution in [3.63, 3.8) is 0 Å². The zero-order valence-electron chi connectivity index (χ0n) is 15.5. The summed E-state index contributed by atoms with van der Waals surface area (Å²) in [5.41, 5.74) is 4.47. The molecular weight excluding hydrogens is 339 g/mol. The Morgan fingerprint density at radius 1 is 1.00 bits per heavy atom. The summed E-state index contributed by atoms with van der Waals surface area (Å²) in [5, 5.41) is 5.27. The van der Waals surface area contributed by atoms with Gasteiger partial charge in [0.1, 0.15) is 5.82 Å². The topological polar surface area (TPSA) is 34.5 Å². The Balaban J connectivity index is 1.64. The molecule has 1 spiro atoms. The second kappa shape index (κ2) is 5.62. The number of fused-ring (bicyclic) bond motifs is 3. The van der Waals surface area contributed by atoms with Crippen LogP contribution in [0, 0.1) is 11.2 Å². The highest BCUT2D eigenvalue weighted by Gasteiger charge is 2.50. The maximum atomic E-state index is 13.8. The average Bonchev–Trinajstić information content (AvgIpc) is 3.05. The summed E-state index contributed by atoms with van der Waals surface area (Å²) in [4.78, 5) is 11.0. The summed E-state index contributed by atoms with van der Waals surface area (Å²) in [6, 6.07) is 17.0. The fraction of sp³-hybridized carbons (Fsp3) is 0.304. The van der Waals surface area contributed by atoms with Gasteiger partial charge in [0.15, 0.2) is 5.60 Å². The van der Waals surface area contributed by atoms with Crippen LogP contribution in [0.5, 0.6) is 0 Å². The van der Waals surface area contributed by atoms with Crippen molar-refractivity contribution in [3.05, 3.63) is 77.2 Å². The highest BCUT2D eigenvalue weighted by molar-refractivity contribution is 6.01. The van der Waals surface area contributed by atoms with E-state index in [-0.39, 0.29) is 11.2 Å². The number of oxime groups is 1. The van der Waals surface area contributed by atoms with E-state index >= 15 is 0 Å². The van der Waals surface area contributed by atoms with Gasteiger partial charge < -0.3 is 4.84 Å².